The molecule has 0 amide bonds. The van der Waals surface area contributed by atoms with Gasteiger partial charge in [-0.2, -0.15) is 0 Å². The second kappa shape index (κ2) is 11.0. The Morgan fingerprint density at radius 2 is 1.29 bits per heavy atom. The van der Waals surface area contributed by atoms with Crippen LogP contribution in [0, 0.1) is 23.7 Å². The molecule has 0 saturated heterocycles. The summed E-state index contributed by atoms with van der Waals surface area (Å²) in [6, 6.07) is 0. The first kappa shape index (κ1) is 21.4. The highest BCUT2D eigenvalue weighted by molar-refractivity contribution is 5.91. The zero-order chi connectivity index (χ0) is 19.8. The second-order valence-corrected chi connectivity index (χ2v) is 9.31. The SMILES string of the molecule is CCCCCCCCCCOC(=O)/C=C/C(=O)OC1C2CC3CC(C2)CC1C3. The average molecular weight is 391 g/mol. The van der Waals surface area contributed by atoms with Gasteiger partial charge in [0.1, 0.15) is 6.10 Å². The van der Waals surface area contributed by atoms with Crippen molar-refractivity contribution in [3.05, 3.63) is 12.2 Å². The number of hydrogen-bond acceptors (Lipinski definition) is 4. The van der Waals surface area contributed by atoms with Crippen molar-refractivity contribution in [2.75, 3.05) is 6.61 Å². The first-order valence-electron chi connectivity index (χ1n) is 11.7. The molecule has 0 aromatic heterocycles. The third-order valence-corrected chi connectivity index (χ3v) is 6.99. The Hall–Kier alpha value is -1.32. The maximum Gasteiger partial charge on any atom is 0.331 e. The normalized spacial score (nSPS) is 30.7. The summed E-state index contributed by atoms with van der Waals surface area (Å²) >= 11 is 0. The van der Waals surface area contributed by atoms with Gasteiger partial charge in [0.25, 0.3) is 0 Å². The molecule has 4 rings (SSSR count). The zero-order valence-electron chi connectivity index (χ0n) is 17.6. The van der Waals surface area contributed by atoms with Gasteiger partial charge in [0.2, 0.25) is 0 Å². The molecule has 158 valence electrons. The molecule has 0 unspecified atom stereocenters. The summed E-state index contributed by atoms with van der Waals surface area (Å²) in [6.07, 6.45) is 18.5. The van der Waals surface area contributed by atoms with Crippen molar-refractivity contribution < 1.29 is 19.1 Å². The van der Waals surface area contributed by atoms with Crippen LogP contribution in [-0.4, -0.2) is 24.6 Å². The van der Waals surface area contributed by atoms with Crippen molar-refractivity contribution in [1.29, 1.82) is 0 Å². The number of unbranched alkanes of at least 4 members (excludes halogenated alkanes) is 7. The molecular weight excluding hydrogens is 352 g/mol. The van der Waals surface area contributed by atoms with Crippen LogP contribution in [0.2, 0.25) is 0 Å². The van der Waals surface area contributed by atoms with E-state index < -0.39 is 5.97 Å². The van der Waals surface area contributed by atoms with Crippen LogP contribution >= 0.6 is 0 Å². The summed E-state index contributed by atoms with van der Waals surface area (Å²) in [6.45, 7) is 2.66. The van der Waals surface area contributed by atoms with Gasteiger partial charge in [0.05, 0.1) is 6.61 Å². The van der Waals surface area contributed by atoms with Crippen molar-refractivity contribution in [2.45, 2.75) is 96.5 Å². The summed E-state index contributed by atoms with van der Waals surface area (Å²) in [4.78, 5) is 23.9. The molecule has 4 fully saturated rings. The van der Waals surface area contributed by atoms with Gasteiger partial charge in [-0.15, -0.1) is 0 Å². The first-order chi connectivity index (χ1) is 13.7. The lowest BCUT2D eigenvalue weighted by atomic mass is 9.55. The van der Waals surface area contributed by atoms with Crippen molar-refractivity contribution in [1.82, 2.24) is 0 Å². The van der Waals surface area contributed by atoms with Gasteiger partial charge in [0.15, 0.2) is 0 Å². The Balaban J connectivity index is 1.25. The Morgan fingerprint density at radius 1 is 0.750 bits per heavy atom. The van der Waals surface area contributed by atoms with E-state index in [1.807, 2.05) is 0 Å². The smallest absolute Gasteiger partial charge is 0.331 e. The highest BCUT2D eigenvalue weighted by Gasteiger charge is 2.49. The fourth-order valence-corrected chi connectivity index (χ4v) is 5.83. The summed E-state index contributed by atoms with van der Waals surface area (Å²) in [5.41, 5.74) is 0. The van der Waals surface area contributed by atoms with Crippen LogP contribution in [0.3, 0.4) is 0 Å². The Morgan fingerprint density at radius 3 is 1.89 bits per heavy atom. The van der Waals surface area contributed by atoms with E-state index in [0.717, 1.165) is 24.7 Å². The number of esters is 2. The molecule has 0 N–H and O–H groups in total. The number of hydrogen-bond donors (Lipinski definition) is 0. The lowest BCUT2D eigenvalue weighted by molar-refractivity contribution is -0.165. The van der Waals surface area contributed by atoms with Gasteiger partial charge >= 0.3 is 11.9 Å². The molecule has 4 aliphatic rings. The molecule has 0 heterocycles. The highest BCUT2D eigenvalue weighted by Crippen LogP contribution is 2.54. The molecular formula is C24H38O4. The van der Waals surface area contributed by atoms with E-state index in [4.69, 9.17) is 9.47 Å². The molecule has 4 aliphatic carbocycles. The minimum Gasteiger partial charge on any atom is -0.463 e. The fourth-order valence-electron chi connectivity index (χ4n) is 5.83. The quantitative estimate of drug-likeness (QED) is 0.247. The maximum atomic E-state index is 12.1. The maximum absolute atomic E-state index is 12.1. The van der Waals surface area contributed by atoms with Crippen molar-refractivity contribution in [3.8, 4) is 0 Å². The van der Waals surface area contributed by atoms with E-state index in [-0.39, 0.29) is 12.1 Å². The molecule has 0 aromatic rings. The highest BCUT2D eigenvalue weighted by atomic mass is 16.5. The van der Waals surface area contributed by atoms with Crippen LogP contribution in [-0.2, 0) is 19.1 Å². The number of carbonyl (C=O) groups is 2. The minimum atomic E-state index is -0.440. The van der Waals surface area contributed by atoms with E-state index >= 15 is 0 Å². The van der Waals surface area contributed by atoms with E-state index in [1.54, 1.807) is 0 Å². The van der Waals surface area contributed by atoms with E-state index in [2.05, 4.69) is 6.92 Å². The van der Waals surface area contributed by atoms with Gasteiger partial charge in [-0.1, -0.05) is 51.9 Å². The summed E-state index contributed by atoms with van der Waals surface area (Å²) < 4.78 is 10.9. The van der Waals surface area contributed by atoms with Gasteiger partial charge in [0, 0.05) is 12.2 Å². The number of ether oxygens (including phenoxy) is 2. The first-order valence-corrected chi connectivity index (χ1v) is 11.7. The van der Waals surface area contributed by atoms with E-state index in [0.29, 0.717) is 18.4 Å². The van der Waals surface area contributed by atoms with Gasteiger partial charge in [-0.3, -0.25) is 0 Å². The molecule has 0 aromatic carbocycles. The molecule has 4 heteroatoms. The van der Waals surface area contributed by atoms with Crippen LogP contribution in [0.4, 0.5) is 0 Å². The molecule has 0 aliphatic heterocycles. The Labute approximate surface area is 170 Å². The molecule has 0 spiro atoms. The van der Waals surface area contributed by atoms with Gasteiger partial charge in [-0.05, 0) is 62.2 Å². The topological polar surface area (TPSA) is 52.6 Å². The predicted molar refractivity (Wildman–Crippen MR) is 110 cm³/mol. The van der Waals surface area contributed by atoms with Crippen LogP contribution < -0.4 is 0 Å². The number of carbonyl (C=O) groups excluding carboxylic acids is 2. The average Bonchev–Trinajstić information content (AvgIpc) is 2.67. The summed E-state index contributed by atoms with van der Waals surface area (Å²) in [7, 11) is 0. The third kappa shape index (κ3) is 6.35. The molecule has 28 heavy (non-hydrogen) atoms. The van der Waals surface area contributed by atoms with Crippen molar-refractivity contribution in [2.24, 2.45) is 23.7 Å². The lowest BCUT2D eigenvalue weighted by Gasteiger charge is -2.53. The number of rotatable bonds is 12. The Bertz CT molecular complexity index is 511. The van der Waals surface area contributed by atoms with Crippen LogP contribution in [0.5, 0.6) is 0 Å². The molecule has 4 bridgehead atoms. The van der Waals surface area contributed by atoms with Crippen LogP contribution in [0.25, 0.3) is 0 Å². The third-order valence-electron chi connectivity index (χ3n) is 6.99. The largest absolute Gasteiger partial charge is 0.463 e. The molecule has 0 radical (unpaired) electrons. The summed E-state index contributed by atoms with van der Waals surface area (Å²) in [5.74, 6) is 1.98. The molecule has 4 saturated carbocycles. The van der Waals surface area contributed by atoms with Crippen LogP contribution in [0.15, 0.2) is 12.2 Å². The standard InChI is InChI=1S/C24H38O4/c1-2-3-4-5-6-7-8-9-12-27-22(25)10-11-23(26)28-24-20-14-18-13-19(16-20)17-21(24)15-18/h10-11,18-21,24H,2-9,12-17H2,1H3/b11-10+. The van der Waals surface area contributed by atoms with Crippen molar-refractivity contribution >= 4 is 11.9 Å². The van der Waals surface area contributed by atoms with Crippen LogP contribution in [0.1, 0.15) is 90.4 Å². The predicted octanol–water partition coefficient (Wildman–Crippen LogP) is 5.59. The molecule has 4 nitrogen and oxygen atoms in total. The monoisotopic (exact) mass is 390 g/mol. The van der Waals surface area contributed by atoms with Gasteiger partial charge < -0.3 is 9.47 Å². The van der Waals surface area contributed by atoms with Crippen molar-refractivity contribution in [3.63, 3.8) is 0 Å². The second-order valence-electron chi connectivity index (χ2n) is 9.31. The van der Waals surface area contributed by atoms with E-state index in [1.165, 1.54) is 82.8 Å². The van der Waals surface area contributed by atoms with Gasteiger partial charge in [-0.25, -0.2) is 9.59 Å². The zero-order valence-corrected chi connectivity index (χ0v) is 17.6. The van der Waals surface area contributed by atoms with E-state index in [9.17, 15) is 9.59 Å². The fraction of sp³-hybridized carbons (Fsp3) is 0.833. The lowest BCUT2D eigenvalue weighted by Crippen LogP contribution is -2.49. The Kier molecular flexibility index (Phi) is 8.42. The molecule has 0 atom stereocenters. The summed E-state index contributed by atoms with van der Waals surface area (Å²) in [5, 5.41) is 0. The minimum absolute atomic E-state index is 0.0679.